The highest BCUT2D eigenvalue weighted by atomic mass is 32.2. The molecule has 0 saturated heterocycles. The van der Waals surface area contributed by atoms with Crippen LogP contribution >= 0.6 is 11.8 Å². The number of nitrogens with zero attached hydrogens (tertiary/aromatic N) is 4. The van der Waals surface area contributed by atoms with Crippen LogP contribution in [0.1, 0.15) is 5.56 Å². The molecule has 2 N–H and O–H groups in total. The Bertz CT molecular complexity index is 498. The van der Waals surface area contributed by atoms with Crippen LogP contribution < -0.4 is 10.2 Å². The van der Waals surface area contributed by atoms with E-state index in [2.05, 4.69) is 15.3 Å². The quantitative estimate of drug-likeness (QED) is 0.591. The van der Waals surface area contributed by atoms with E-state index >= 15 is 0 Å². The van der Waals surface area contributed by atoms with E-state index in [1.807, 2.05) is 12.3 Å². The van der Waals surface area contributed by atoms with Crippen molar-refractivity contribution in [3.63, 3.8) is 0 Å². The topological polar surface area (TPSA) is 102 Å². The summed E-state index contributed by atoms with van der Waals surface area (Å²) in [5, 5.41) is 20.9. The van der Waals surface area contributed by atoms with Crippen molar-refractivity contribution in [1.82, 2.24) is 9.97 Å². The van der Waals surface area contributed by atoms with Gasteiger partial charge in [0.1, 0.15) is 18.2 Å². The van der Waals surface area contributed by atoms with Gasteiger partial charge in [0.05, 0.1) is 0 Å². The summed E-state index contributed by atoms with van der Waals surface area (Å²) < 4.78 is 0. The smallest absolute Gasteiger partial charge is 0.322 e. The Labute approximate surface area is 109 Å². The predicted molar refractivity (Wildman–Crippen MR) is 69.0 cm³/mol. The standard InChI is InChI=1S/C10H13N5O2S/c1-15(2)9-6(4-11)8(12-5-7(16)17)13-10(14-9)18-3/h5H2,1-3H3,(H,16,17)(H,12,13,14). The summed E-state index contributed by atoms with van der Waals surface area (Å²) in [5.41, 5.74) is 0.235. The molecule has 1 rings (SSSR count). The fourth-order valence-electron chi connectivity index (χ4n) is 1.23. The minimum absolute atomic E-state index is 0.235. The number of carboxylic acid groups (broad SMARTS) is 1. The average Bonchev–Trinajstić information content (AvgIpc) is 2.34. The second-order valence-electron chi connectivity index (χ2n) is 3.51. The maximum absolute atomic E-state index is 10.5. The molecule has 0 aliphatic heterocycles. The second-order valence-corrected chi connectivity index (χ2v) is 4.28. The van der Waals surface area contributed by atoms with Crippen LogP contribution in [0.5, 0.6) is 0 Å². The van der Waals surface area contributed by atoms with Gasteiger partial charge in [-0.2, -0.15) is 5.26 Å². The van der Waals surface area contributed by atoms with Gasteiger partial charge in [0.25, 0.3) is 0 Å². The van der Waals surface area contributed by atoms with Crippen molar-refractivity contribution in [2.45, 2.75) is 5.16 Å². The van der Waals surface area contributed by atoms with Crippen LogP contribution in [0.25, 0.3) is 0 Å². The SMILES string of the molecule is CSc1nc(NCC(=O)O)c(C#N)c(N(C)C)n1. The summed E-state index contributed by atoms with van der Waals surface area (Å²) in [6.07, 6.45) is 1.81. The highest BCUT2D eigenvalue weighted by Gasteiger charge is 2.16. The molecule has 7 nitrogen and oxygen atoms in total. The Kier molecular flexibility index (Phi) is 4.74. The predicted octanol–water partition coefficient (Wildman–Crippen LogP) is 0.633. The Morgan fingerprint density at radius 3 is 2.67 bits per heavy atom. The zero-order valence-electron chi connectivity index (χ0n) is 10.3. The number of nitrogens with one attached hydrogen (secondary N) is 1. The largest absolute Gasteiger partial charge is 0.480 e. The van der Waals surface area contributed by atoms with Crippen molar-refractivity contribution in [2.24, 2.45) is 0 Å². The van der Waals surface area contributed by atoms with E-state index in [4.69, 9.17) is 10.4 Å². The lowest BCUT2D eigenvalue weighted by molar-refractivity contribution is -0.134. The summed E-state index contributed by atoms with van der Waals surface area (Å²) in [4.78, 5) is 20.5. The normalized spacial score (nSPS) is 9.67. The Morgan fingerprint density at radius 2 is 2.22 bits per heavy atom. The first-order valence-corrected chi connectivity index (χ1v) is 6.21. The minimum atomic E-state index is -1.02. The molecule has 0 aliphatic carbocycles. The zero-order valence-corrected chi connectivity index (χ0v) is 11.1. The van der Waals surface area contributed by atoms with Crippen molar-refractivity contribution >= 4 is 29.4 Å². The summed E-state index contributed by atoms with van der Waals surface area (Å²) in [7, 11) is 3.52. The van der Waals surface area contributed by atoms with Gasteiger partial charge in [-0.3, -0.25) is 4.79 Å². The average molecular weight is 267 g/mol. The number of anilines is 2. The fraction of sp³-hybridized carbons (Fsp3) is 0.400. The number of thioether (sulfide) groups is 1. The molecule has 0 atom stereocenters. The highest BCUT2D eigenvalue weighted by Crippen LogP contribution is 2.25. The summed E-state index contributed by atoms with van der Waals surface area (Å²) in [6.45, 7) is -0.299. The van der Waals surface area contributed by atoms with Gasteiger partial charge in [0, 0.05) is 14.1 Å². The maximum Gasteiger partial charge on any atom is 0.322 e. The molecule has 0 aromatic carbocycles. The molecule has 18 heavy (non-hydrogen) atoms. The number of hydrogen-bond acceptors (Lipinski definition) is 7. The van der Waals surface area contributed by atoms with Crippen LogP contribution in [-0.2, 0) is 4.79 Å². The number of carbonyl (C=O) groups is 1. The number of hydrogen-bond donors (Lipinski definition) is 2. The maximum atomic E-state index is 10.5. The van der Waals surface area contributed by atoms with Gasteiger partial charge in [-0.05, 0) is 6.26 Å². The first-order chi connectivity index (χ1) is 8.49. The van der Waals surface area contributed by atoms with E-state index in [0.717, 1.165) is 0 Å². The van der Waals surface area contributed by atoms with Gasteiger partial charge in [0.2, 0.25) is 0 Å². The number of carboxylic acids is 1. The molecule has 0 amide bonds. The number of aromatic nitrogens is 2. The molecule has 1 heterocycles. The van der Waals surface area contributed by atoms with Gasteiger partial charge in [-0.1, -0.05) is 11.8 Å². The van der Waals surface area contributed by atoms with Crippen LogP contribution in [0.15, 0.2) is 5.16 Å². The summed E-state index contributed by atoms with van der Waals surface area (Å²) >= 11 is 1.32. The number of rotatable bonds is 5. The van der Waals surface area contributed by atoms with Crippen LogP contribution in [0.3, 0.4) is 0 Å². The highest BCUT2D eigenvalue weighted by molar-refractivity contribution is 7.98. The fourth-order valence-corrected chi connectivity index (χ4v) is 1.59. The molecular formula is C10H13N5O2S. The van der Waals surface area contributed by atoms with E-state index in [1.54, 1.807) is 19.0 Å². The van der Waals surface area contributed by atoms with Gasteiger partial charge >= 0.3 is 5.97 Å². The third kappa shape index (κ3) is 3.24. The molecule has 0 aliphatic rings. The lowest BCUT2D eigenvalue weighted by atomic mass is 10.3. The molecule has 0 spiro atoms. The van der Waals surface area contributed by atoms with E-state index in [-0.39, 0.29) is 17.9 Å². The molecule has 0 bridgehead atoms. The molecule has 0 unspecified atom stereocenters. The van der Waals surface area contributed by atoms with Gasteiger partial charge in [-0.25, -0.2) is 9.97 Å². The molecule has 1 aromatic rings. The minimum Gasteiger partial charge on any atom is -0.480 e. The monoisotopic (exact) mass is 267 g/mol. The summed E-state index contributed by atoms with van der Waals surface area (Å²) in [6, 6.07) is 1.99. The number of nitriles is 1. The van der Waals surface area contributed by atoms with E-state index in [1.165, 1.54) is 11.8 Å². The first kappa shape index (κ1) is 14.1. The first-order valence-electron chi connectivity index (χ1n) is 4.98. The third-order valence-electron chi connectivity index (χ3n) is 1.99. The lowest BCUT2D eigenvalue weighted by Crippen LogP contribution is -2.18. The molecule has 0 radical (unpaired) electrons. The molecule has 0 fully saturated rings. The Hall–Kier alpha value is -2.01. The van der Waals surface area contributed by atoms with Crippen molar-refractivity contribution in [3.8, 4) is 6.07 Å². The zero-order chi connectivity index (χ0) is 13.7. The molecule has 0 saturated carbocycles. The molecule has 8 heteroatoms. The van der Waals surface area contributed by atoms with E-state index in [0.29, 0.717) is 11.0 Å². The van der Waals surface area contributed by atoms with Crippen LogP contribution in [0, 0.1) is 11.3 Å². The van der Waals surface area contributed by atoms with Crippen molar-refractivity contribution < 1.29 is 9.90 Å². The van der Waals surface area contributed by atoms with Gasteiger partial charge in [0.15, 0.2) is 16.8 Å². The van der Waals surface area contributed by atoms with Crippen LogP contribution in [0.2, 0.25) is 0 Å². The van der Waals surface area contributed by atoms with Crippen molar-refractivity contribution in [3.05, 3.63) is 5.56 Å². The van der Waals surface area contributed by atoms with E-state index in [9.17, 15) is 4.79 Å². The summed E-state index contributed by atoms with van der Waals surface area (Å²) in [5.74, 6) is -0.317. The van der Waals surface area contributed by atoms with Gasteiger partial charge < -0.3 is 15.3 Å². The number of aliphatic carboxylic acids is 1. The Balaban J connectivity index is 3.25. The molecule has 1 aromatic heterocycles. The lowest BCUT2D eigenvalue weighted by Gasteiger charge is -2.16. The molecular weight excluding hydrogens is 254 g/mol. The second kappa shape index (κ2) is 6.07. The molecule has 96 valence electrons. The Morgan fingerprint density at radius 1 is 1.56 bits per heavy atom. The van der Waals surface area contributed by atoms with Crippen molar-refractivity contribution in [2.75, 3.05) is 37.1 Å². The third-order valence-corrected chi connectivity index (χ3v) is 2.54. The van der Waals surface area contributed by atoms with E-state index < -0.39 is 5.97 Å². The van der Waals surface area contributed by atoms with Gasteiger partial charge in [-0.15, -0.1) is 0 Å². The van der Waals surface area contributed by atoms with Crippen molar-refractivity contribution in [1.29, 1.82) is 5.26 Å². The van der Waals surface area contributed by atoms with Crippen LogP contribution in [0.4, 0.5) is 11.6 Å². The van der Waals surface area contributed by atoms with Crippen LogP contribution in [-0.4, -0.2) is 47.9 Å².